The molecule has 0 saturated heterocycles. The Hall–Kier alpha value is -2.53. The van der Waals surface area contributed by atoms with Crippen molar-refractivity contribution < 1.29 is 18.0 Å². The molecule has 12 heteroatoms. The molecule has 0 fully saturated rings. The summed E-state index contributed by atoms with van der Waals surface area (Å²) in [6.07, 6.45) is -0.689. The van der Waals surface area contributed by atoms with E-state index in [1.807, 2.05) is 0 Å². The predicted octanol–water partition coefficient (Wildman–Crippen LogP) is 3.32. The van der Waals surface area contributed by atoms with E-state index in [-0.39, 0.29) is 20.8 Å². The van der Waals surface area contributed by atoms with Gasteiger partial charge in [-0.2, -0.15) is 5.10 Å². The molecule has 3 aromatic rings. The minimum Gasteiger partial charge on any atom is -0.293 e. The lowest BCUT2D eigenvalue weighted by Gasteiger charge is -2.11. The monoisotopic (exact) mass is 461 g/mol. The summed E-state index contributed by atoms with van der Waals surface area (Å²) in [7, 11) is 0. The molecule has 1 aromatic carbocycles. The Balaban J connectivity index is 2.00. The van der Waals surface area contributed by atoms with Crippen LogP contribution in [0.4, 0.5) is 19.1 Å². The van der Waals surface area contributed by atoms with Crippen LogP contribution in [0.5, 0.6) is 0 Å². The summed E-state index contributed by atoms with van der Waals surface area (Å²) in [4.78, 5) is 32.0. The molecule has 0 atom stereocenters. The summed E-state index contributed by atoms with van der Waals surface area (Å²) in [5, 5.41) is 5.07. The number of anilines is 1. The summed E-state index contributed by atoms with van der Waals surface area (Å²) >= 11 is 8.51. The van der Waals surface area contributed by atoms with E-state index in [0.717, 1.165) is 0 Å². The van der Waals surface area contributed by atoms with Gasteiger partial charge < -0.3 is 0 Å². The summed E-state index contributed by atoms with van der Waals surface area (Å²) in [6.45, 7) is -0.696. The second-order valence-corrected chi connectivity index (χ2v) is 6.50. The smallest absolute Gasteiger partial charge is 0.282 e. The van der Waals surface area contributed by atoms with Crippen LogP contribution in [0, 0.1) is 5.82 Å². The largest absolute Gasteiger partial charge is 0.293 e. The lowest BCUT2D eigenvalue weighted by Crippen LogP contribution is -2.31. The normalized spacial score (nSPS) is 11.2. The van der Waals surface area contributed by atoms with Crippen LogP contribution in [0.25, 0.3) is 10.8 Å². The van der Waals surface area contributed by atoms with Crippen molar-refractivity contribution in [1.82, 2.24) is 19.7 Å². The molecule has 1 amide bonds. The van der Waals surface area contributed by atoms with Crippen LogP contribution >= 0.6 is 27.5 Å². The first kappa shape index (κ1) is 19.2. The zero-order chi connectivity index (χ0) is 19.7. The topological polar surface area (TPSA) is 89.8 Å². The Morgan fingerprint density at radius 3 is 2.59 bits per heavy atom. The summed E-state index contributed by atoms with van der Waals surface area (Å²) in [6, 6.07) is 2.38. The standard InChI is InChI=1S/C15H8BrClF3N5O2/c16-8-2-1-7-10(11(8)18)12(13(19)20)24-25(14(7)27)5-9(26)23-15-21-3-6(17)4-22-15/h1-4,13H,5H2,(H,21,22,23,26). The number of hydrogen-bond donors (Lipinski definition) is 1. The average molecular weight is 463 g/mol. The lowest BCUT2D eigenvalue weighted by molar-refractivity contribution is -0.117. The first-order valence-electron chi connectivity index (χ1n) is 7.22. The molecule has 7 nitrogen and oxygen atoms in total. The molecule has 1 N–H and O–H groups in total. The van der Waals surface area contributed by atoms with Crippen LogP contribution in [-0.2, 0) is 11.3 Å². The van der Waals surface area contributed by atoms with Crippen molar-refractivity contribution in [2.45, 2.75) is 13.0 Å². The fourth-order valence-electron chi connectivity index (χ4n) is 2.28. The molecule has 3 rings (SSSR count). The molecule has 0 spiro atoms. The van der Waals surface area contributed by atoms with Gasteiger partial charge in [0.2, 0.25) is 11.9 Å². The molecule has 0 aliphatic carbocycles. The van der Waals surface area contributed by atoms with Crippen molar-refractivity contribution in [3.8, 4) is 0 Å². The van der Waals surface area contributed by atoms with Crippen LogP contribution in [0.2, 0.25) is 5.02 Å². The molecule has 0 unspecified atom stereocenters. The van der Waals surface area contributed by atoms with E-state index >= 15 is 0 Å². The number of aromatic nitrogens is 4. The van der Waals surface area contributed by atoms with E-state index in [0.29, 0.717) is 4.68 Å². The van der Waals surface area contributed by atoms with Crippen LogP contribution < -0.4 is 10.9 Å². The zero-order valence-corrected chi connectivity index (χ0v) is 15.4. The molecule has 0 bridgehead atoms. The molecule has 2 heterocycles. The summed E-state index contributed by atoms with van der Waals surface area (Å²) in [5.41, 5.74) is -1.84. The van der Waals surface area contributed by atoms with Crippen molar-refractivity contribution in [3.63, 3.8) is 0 Å². The molecule has 0 radical (unpaired) electrons. The zero-order valence-electron chi connectivity index (χ0n) is 13.1. The molecule has 2 aromatic heterocycles. The number of carbonyl (C=O) groups is 1. The Kier molecular flexibility index (Phi) is 5.42. The summed E-state index contributed by atoms with van der Waals surface area (Å²) < 4.78 is 41.4. The minimum absolute atomic E-state index is 0.0894. The van der Waals surface area contributed by atoms with Crippen LogP contribution in [0.3, 0.4) is 0 Å². The summed E-state index contributed by atoms with van der Waals surface area (Å²) in [5.74, 6) is -1.91. The number of fused-ring (bicyclic) bond motifs is 1. The van der Waals surface area contributed by atoms with Gasteiger partial charge in [-0.25, -0.2) is 27.8 Å². The molecular formula is C15H8BrClF3N5O2. The van der Waals surface area contributed by atoms with E-state index in [1.54, 1.807) is 0 Å². The minimum atomic E-state index is -3.16. The Bertz CT molecular complexity index is 1090. The quantitative estimate of drug-likeness (QED) is 0.642. The van der Waals surface area contributed by atoms with Gasteiger partial charge in [-0.15, -0.1) is 0 Å². The van der Waals surface area contributed by atoms with Gasteiger partial charge in [-0.3, -0.25) is 14.9 Å². The third-order valence-corrected chi connectivity index (χ3v) is 4.22. The molecule has 27 heavy (non-hydrogen) atoms. The number of alkyl halides is 2. The van der Waals surface area contributed by atoms with Gasteiger partial charge in [-0.05, 0) is 28.1 Å². The van der Waals surface area contributed by atoms with E-state index in [1.165, 1.54) is 24.5 Å². The Labute approximate surface area is 162 Å². The number of halogens is 5. The number of nitrogens with zero attached hydrogens (tertiary/aromatic N) is 4. The number of rotatable bonds is 4. The maximum Gasteiger partial charge on any atom is 0.282 e. The van der Waals surface area contributed by atoms with Gasteiger partial charge in [0.15, 0.2) is 0 Å². The molecule has 0 aliphatic rings. The maximum atomic E-state index is 14.2. The fraction of sp³-hybridized carbons (Fsp3) is 0.133. The number of carbonyl (C=O) groups excluding carboxylic acids is 1. The first-order chi connectivity index (χ1) is 12.8. The van der Waals surface area contributed by atoms with Gasteiger partial charge in [0, 0.05) is 0 Å². The van der Waals surface area contributed by atoms with Gasteiger partial charge in [0.05, 0.1) is 32.7 Å². The van der Waals surface area contributed by atoms with Crippen molar-refractivity contribution >= 4 is 50.2 Å². The second-order valence-electron chi connectivity index (χ2n) is 5.21. The predicted molar refractivity (Wildman–Crippen MR) is 94.3 cm³/mol. The average Bonchev–Trinajstić information content (AvgIpc) is 2.62. The second kappa shape index (κ2) is 7.61. The van der Waals surface area contributed by atoms with Gasteiger partial charge in [0.1, 0.15) is 18.1 Å². The molecule has 140 valence electrons. The highest BCUT2D eigenvalue weighted by atomic mass is 79.9. The molecular weight excluding hydrogens is 455 g/mol. The molecule has 0 saturated carbocycles. The number of nitrogens with one attached hydrogen (secondary N) is 1. The first-order valence-corrected chi connectivity index (χ1v) is 8.39. The number of benzene rings is 1. The van der Waals surface area contributed by atoms with Gasteiger partial charge in [0.25, 0.3) is 12.0 Å². The lowest BCUT2D eigenvalue weighted by atomic mass is 10.1. The van der Waals surface area contributed by atoms with Crippen LogP contribution in [0.15, 0.2) is 33.8 Å². The number of hydrogen-bond acceptors (Lipinski definition) is 5. The van der Waals surface area contributed by atoms with Gasteiger partial charge in [-0.1, -0.05) is 11.6 Å². The Morgan fingerprint density at radius 2 is 1.96 bits per heavy atom. The maximum absolute atomic E-state index is 14.2. The number of amides is 1. The van der Waals surface area contributed by atoms with Crippen molar-refractivity contribution in [3.05, 3.63) is 55.9 Å². The van der Waals surface area contributed by atoms with Gasteiger partial charge >= 0.3 is 0 Å². The fourth-order valence-corrected chi connectivity index (χ4v) is 2.71. The highest BCUT2D eigenvalue weighted by Gasteiger charge is 2.23. The van der Waals surface area contributed by atoms with Crippen molar-refractivity contribution in [2.24, 2.45) is 0 Å². The SMILES string of the molecule is O=C(Cn1nc(C(F)F)c2c(F)c(Br)ccc2c1=O)Nc1ncc(Cl)cn1. The van der Waals surface area contributed by atoms with Crippen LogP contribution in [0.1, 0.15) is 12.1 Å². The molecule has 0 aliphatic heterocycles. The highest BCUT2D eigenvalue weighted by Crippen LogP contribution is 2.29. The van der Waals surface area contributed by atoms with Crippen molar-refractivity contribution in [1.29, 1.82) is 0 Å². The highest BCUT2D eigenvalue weighted by molar-refractivity contribution is 9.10. The van der Waals surface area contributed by atoms with E-state index in [4.69, 9.17) is 11.6 Å². The van der Waals surface area contributed by atoms with Crippen LogP contribution in [-0.4, -0.2) is 25.7 Å². The van der Waals surface area contributed by atoms with E-state index in [9.17, 15) is 22.8 Å². The van der Waals surface area contributed by atoms with E-state index in [2.05, 4.69) is 36.3 Å². The third kappa shape index (κ3) is 3.93. The Morgan fingerprint density at radius 1 is 1.30 bits per heavy atom. The van der Waals surface area contributed by atoms with E-state index < -0.39 is 41.3 Å². The van der Waals surface area contributed by atoms with Crippen molar-refractivity contribution in [2.75, 3.05) is 5.32 Å². The third-order valence-electron chi connectivity index (χ3n) is 3.42.